The van der Waals surface area contributed by atoms with Crippen molar-refractivity contribution in [2.45, 2.75) is 60.2 Å². The van der Waals surface area contributed by atoms with Crippen LogP contribution in [0.25, 0.3) is 0 Å². The zero-order valence-electron chi connectivity index (χ0n) is 20.5. The molecule has 0 radical (unpaired) electrons. The van der Waals surface area contributed by atoms with Gasteiger partial charge >= 0.3 is 5.97 Å². The maximum Gasteiger partial charge on any atom is 0.358 e. The highest BCUT2D eigenvalue weighted by molar-refractivity contribution is 5.94. The number of rotatable bonds is 9. The molecule has 2 atom stereocenters. The number of hydrogen-bond donors (Lipinski definition) is 3. The SMILES string of the molecule is Cc1oc([C@@H](NC(=O)c2nc([C@@H](N)C(C)C)n(Cc3ccccc3)c2C)C(C)C)nc1C(=O)O. The van der Waals surface area contributed by atoms with Crippen molar-refractivity contribution in [3.05, 3.63) is 70.5 Å². The van der Waals surface area contributed by atoms with Crippen molar-refractivity contribution in [2.24, 2.45) is 17.6 Å². The van der Waals surface area contributed by atoms with Crippen molar-refractivity contribution < 1.29 is 19.1 Å². The number of nitrogens with two attached hydrogens (primary N) is 1. The molecule has 0 bridgehead atoms. The number of amides is 1. The van der Waals surface area contributed by atoms with Crippen molar-refractivity contribution in [1.82, 2.24) is 19.9 Å². The predicted octanol–water partition coefficient (Wildman–Crippen LogP) is 4.02. The summed E-state index contributed by atoms with van der Waals surface area (Å²) in [4.78, 5) is 33.5. The third kappa shape index (κ3) is 5.20. The highest BCUT2D eigenvalue weighted by atomic mass is 16.4. The number of carboxylic acids is 1. The Kier molecular flexibility index (Phi) is 7.56. The van der Waals surface area contributed by atoms with Crippen molar-refractivity contribution >= 4 is 11.9 Å². The van der Waals surface area contributed by atoms with Gasteiger partial charge < -0.3 is 25.1 Å². The number of aromatic carboxylic acids is 1. The van der Waals surface area contributed by atoms with Crippen LogP contribution in [-0.2, 0) is 6.54 Å². The summed E-state index contributed by atoms with van der Waals surface area (Å²) in [6, 6.07) is 8.95. The molecular formula is C25H33N5O4. The molecule has 9 heteroatoms. The van der Waals surface area contributed by atoms with Crippen molar-refractivity contribution in [2.75, 3.05) is 0 Å². The Hall–Kier alpha value is -3.46. The fraction of sp³-hybridized carbons (Fsp3) is 0.440. The number of imidazole rings is 1. The van der Waals surface area contributed by atoms with Gasteiger partial charge in [-0.3, -0.25) is 4.79 Å². The lowest BCUT2D eigenvalue weighted by Gasteiger charge is -2.19. The molecule has 0 saturated carbocycles. The van der Waals surface area contributed by atoms with E-state index in [2.05, 4.69) is 15.3 Å². The van der Waals surface area contributed by atoms with E-state index in [0.29, 0.717) is 18.1 Å². The Morgan fingerprint density at radius 1 is 1.06 bits per heavy atom. The summed E-state index contributed by atoms with van der Waals surface area (Å²) in [6.07, 6.45) is 0. The minimum absolute atomic E-state index is 0.104. The minimum Gasteiger partial charge on any atom is -0.476 e. The van der Waals surface area contributed by atoms with E-state index in [1.807, 2.05) is 69.5 Å². The van der Waals surface area contributed by atoms with E-state index in [0.717, 1.165) is 5.56 Å². The van der Waals surface area contributed by atoms with Crippen LogP contribution >= 0.6 is 0 Å². The number of nitrogens with zero attached hydrogens (tertiary/aromatic N) is 3. The number of carbonyl (C=O) groups excluding carboxylic acids is 1. The number of nitrogens with one attached hydrogen (secondary N) is 1. The molecule has 1 aromatic carbocycles. The van der Waals surface area contributed by atoms with Crippen molar-refractivity contribution in [3.8, 4) is 0 Å². The van der Waals surface area contributed by atoms with E-state index in [-0.39, 0.29) is 40.9 Å². The Morgan fingerprint density at radius 3 is 2.24 bits per heavy atom. The fourth-order valence-electron chi connectivity index (χ4n) is 3.76. The topological polar surface area (TPSA) is 136 Å². The average molecular weight is 468 g/mol. The number of carbonyl (C=O) groups is 2. The number of carboxylic acid groups (broad SMARTS) is 1. The van der Waals surface area contributed by atoms with E-state index < -0.39 is 17.9 Å². The molecule has 0 aliphatic rings. The van der Waals surface area contributed by atoms with Crippen LogP contribution < -0.4 is 11.1 Å². The van der Waals surface area contributed by atoms with Crippen LogP contribution in [0.4, 0.5) is 0 Å². The maximum absolute atomic E-state index is 13.4. The molecule has 2 aromatic heterocycles. The van der Waals surface area contributed by atoms with Gasteiger partial charge in [-0.2, -0.15) is 0 Å². The quantitative estimate of drug-likeness (QED) is 0.432. The lowest BCUT2D eigenvalue weighted by Crippen LogP contribution is -2.32. The van der Waals surface area contributed by atoms with Gasteiger partial charge in [0.2, 0.25) is 5.89 Å². The lowest BCUT2D eigenvalue weighted by atomic mass is 10.0. The molecule has 182 valence electrons. The molecule has 0 aliphatic carbocycles. The lowest BCUT2D eigenvalue weighted by molar-refractivity contribution is 0.0689. The number of aromatic nitrogens is 3. The average Bonchev–Trinajstić information content (AvgIpc) is 3.32. The van der Waals surface area contributed by atoms with Crippen LogP contribution in [0.15, 0.2) is 34.7 Å². The zero-order chi connectivity index (χ0) is 25.2. The van der Waals surface area contributed by atoms with Crippen molar-refractivity contribution in [3.63, 3.8) is 0 Å². The number of benzene rings is 1. The molecular weight excluding hydrogens is 434 g/mol. The van der Waals surface area contributed by atoms with Gasteiger partial charge in [0.05, 0.1) is 6.04 Å². The largest absolute Gasteiger partial charge is 0.476 e. The van der Waals surface area contributed by atoms with Gasteiger partial charge in [-0.1, -0.05) is 58.0 Å². The van der Waals surface area contributed by atoms with Gasteiger partial charge in [0.25, 0.3) is 5.91 Å². The first-order valence-electron chi connectivity index (χ1n) is 11.4. The number of hydrogen-bond acceptors (Lipinski definition) is 6. The molecule has 0 spiro atoms. The third-order valence-electron chi connectivity index (χ3n) is 5.90. The van der Waals surface area contributed by atoms with Crippen LogP contribution in [0.5, 0.6) is 0 Å². The first-order valence-corrected chi connectivity index (χ1v) is 11.4. The van der Waals surface area contributed by atoms with Crippen LogP contribution in [0, 0.1) is 25.7 Å². The molecule has 9 nitrogen and oxygen atoms in total. The number of oxazole rings is 1. The summed E-state index contributed by atoms with van der Waals surface area (Å²) >= 11 is 0. The van der Waals surface area contributed by atoms with Gasteiger partial charge in [0.1, 0.15) is 23.3 Å². The fourth-order valence-corrected chi connectivity index (χ4v) is 3.76. The smallest absolute Gasteiger partial charge is 0.358 e. The molecule has 0 saturated heterocycles. The van der Waals surface area contributed by atoms with Gasteiger partial charge in [-0.25, -0.2) is 14.8 Å². The van der Waals surface area contributed by atoms with Crippen LogP contribution in [0.3, 0.4) is 0 Å². The van der Waals surface area contributed by atoms with Crippen LogP contribution in [-0.4, -0.2) is 31.5 Å². The zero-order valence-corrected chi connectivity index (χ0v) is 20.5. The first kappa shape index (κ1) is 25.2. The summed E-state index contributed by atoms with van der Waals surface area (Å²) in [7, 11) is 0. The Morgan fingerprint density at radius 2 is 1.71 bits per heavy atom. The molecule has 34 heavy (non-hydrogen) atoms. The van der Waals surface area contributed by atoms with Gasteiger partial charge in [-0.15, -0.1) is 0 Å². The summed E-state index contributed by atoms with van der Waals surface area (Å²) in [5, 5.41) is 12.2. The van der Waals surface area contributed by atoms with E-state index in [1.165, 1.54) is 6.92 Å². The highest BCUT2D eigenvalue weighted by Crippen LogP contribution is 2.26. The summed E-state index contributed by atoms with van der Waals surface area (Å²) in [5.74, 6) is -0.567. The molecule has 3 rings (SSSR count). The molecule has 0 unspecified atom stereocenters. The van der Waals surface area contributed by atoms with Gasteiger partial charge in [-0.05, 0) is 31.2 Å². The highest BCUT2D eigenvalue weighted by Gasteiger charge is 2.30. The maximum atomic E-state index is 13.4. The first-order chi connectivity index (χ1) is 16.0. The summed E-state index contributed by atoms with van der Waals surface area (Å²) in [5.41, 5.74) is 8.35. The Balaban J connectivity index is 1.97. The molecule has 3 aromatic rings. The predicted molar refractivity (Wildman–Crippen MR) is 128 cm³/mol. The van der Waals surface area contributed by atoms with E-state index in [1.54, 1.807) is 0 Å². The molecule has 1 amide bonds. The minimum atomic E-state index is -1.18. The van der Waals surface area contributed by atoms with Crippen LogP contribution in [0.2, 0.25) is 0 Å². The standard InChI is InChI=1S/C25H33N5O4/c1-13(2)18(26)22-27-20(15(5)30(22)12-17-10-8-7-9-11-17)23(31)28-19(14(3)4)24-29-21(25(32)33)16(6)34-24/h7-11,13-14,18-19H,12,26H2,1-6H3,(H,28,31)(H,32,33)/t18-,19-/m0/s1. The van der Waals surface area contributed by atoms with E-state index in [9.17, 15) is 14.7 Å². The normalized spacial score (nSPS) is 13.3. The second kappa shape index (κ2) is 10.2. The summed E-state index contributed by atoms with van der Waals surface area (Å²) < 4.78 is 7.57. The van der Waals surface area contributed by atoms with Crippen molar-refractivity contribution in [1.29, 1.82) is 0 Å². The second-order valence-electron chi connectivity index (χ2n) is 9.20. The molecule has 0 fully saturated rings. The molecule has 2 heterocycles. The molecule has 4 N–H and O–H groups in total. The van der Waals surface area contributed by atoms with Crippen LogP contribution in [0.1, 0.15) is 89.5 Å². The second-order valence-corrected chi connectivity index (χ2v) is 9.20. The Bertz CT molecular complexity index is 1160. The van der Waals surface area contributed by atoms with E-state index >= 15 is 0 Å². The van der Waals surface area contributed by atoms with Gasteiger partial charge in [0.15, 0.2) is 5.69 Å². The van der Waals surface area contributed by atoms with E-state index in [4.69, 9.17) is 10.2 Å². The number of aryl methyl sites for hydroxylation is 1. The molecule has 0 aliphatic heterocycles. The summed E-state index contributed by atoms with van der Waals surface area (Å²) in [6.45, 7) is 11.7. The third-order valence-corrected chi connectivity index (χ3v) is 5.90. The van der Waals surface area contributed by atoms with Gasteiger partial charge in [0, 0.05) is 12.2 Å². The monoisotopic (exact) mass is 467 g/mol. The Labute approximate surface area is 199 Å².